The standard InChI is InChI=1S/C24H24N2O11/c1-33-14-9-5-3-7-12(14)25-21(30)24(36-19-18(29)17(28)16(11-27)35-20(19)37-24)22(31)26(23(25)32)13-8-4-6-10-15(13)34-2/h3-10,16-20,27-29H,11H2,1-2H3/t16-,17+,18+,19-,20-/m1/s1. The van der Waals surface area contributed by atoms with Gasteiger partial charge in [-0.15, -0.1) is 0 Å². The van der Waals surface area contributed by atoms with Crippen LogP contribution < -0.4 is 19.3 Å². The van der Waals surface area contributed by atoms with Crippen LogP contribution in [0.4, 0.5) is 16.2 Å². The van der Waals surface area contributed by atoms with Crippen LogP contribution in [0.2, 0.25) is 0 Å². The van der Waals surface area contributed by atoms with Crippen LogP contribution in [0.3, 0.4) is 0 Å². The van der Waals surface area contributed by atoms with Gasteiger partial charge in [0.15, 0.2) is 6.29 Å². The molecule has 3 saturated heterocycles. The van der Waals surface area contributed by atoms with Gasteiger partial charge in [0.1, 0.15) is 35.9 Å². The second kappa shape index (κ2) is 9.37. The summed E-state index contributed by atoms with van der Waals surface area (Å²) in [6, 6.07) is 11.2. The van der Waals surface area contributed by atoms with Crippen molar-refractivity contribution in [2.45, 2.75) is 36.5 Å². The number of fused-ring (bicyclic) bond motifs is 1. The zero-order chi connectivity index (χ0) is 26.5. The van der Waals surface area contributed by atoms with E-state index in [0.29, 0.717) is 9.80 Å². The van der Waals surface area contributed by atoms with Crippen molar-refractivity contribution in [1.82, 2.24) is 0 Å². The number of urea groups is 1. The Morgan fingerprint density at radius 2 is 1.35 bits per heavy atom. The molecule has 0 bridgehead atoms. The van der Waals surface area contributed by atoms with Crippen LogP contribution in [0, 0.1) is 0 Å². The molecule has 5 atom stereocenters. The number of amides is 4. The summed E-state index contributed by atoms with van der Waals surface area (Å²) in [7, 11) is 2.68. The van der Waals surface area contributed by atoms with Crippen molar-refractivity contribution in [2.24, 2.45) is 0 Å². The number of aliphatic hydroxyl groups excluding tert-OH is 3. The highest BCUT2D eigenvalue weighted by atomic mass is 16.8. The van der Waals surface area contributed by atoms with Gasteiger partial charge in [0.2, 0.25) is 0 Å². The highest BCUT2D eigenvalue weighted by molar-refractivity contribution is 6.40. The minimum Gasteiger partial charge on any atom is -0.495 e. The molecule has 3 heterocycles. The molecule has 3 aliphatic heterocycles. The summed E-state index contributed by atoms with van der Waals surface area (Å²) in [6.45, 7) is -0.682. The zero-order valence-corrected chi connectivity index (χ0v) is 19.7. The Kier molecular flexibility index (Phi) is 6.35. The van der Waals surface area contributed by atoms with E-state index in [4.69, 9.17) is 23.7 Å². The molecule has 0 saturated carbocycles. The van der Waals surface area contributed by atoms with Crippen LogP contribution >= 0.6 is 0 Å². The number of ether oxygens (including phenoxy) is 5. The van der Waals surface area contributed by atoms with Gasteiger partial charge >= 0.3 is 23.6 Å². The van der Waals surface area contributed by atoms with E-state index in [1.54, 1.807) is 24.3 Å². The molecule has 0 radical (unpaired) electrons. The maximum atomic E-state index is 13.9. The molecule has 13 nitrogen and oxygen atoms in total. The van der Waals surface area contributed by atoms with Gasteiger partial charge in [0.05, 0.1) is 32.2 Å². The predicted molar refractivity (Wildman–Crippen MR) is 123 cm³/mol. The average molecular weight is 516 g/mol. The van der Waals surface area contributed by atoms with Crippen molar-refractivity contribution in [1.29, 1.82) is 0 Å². The van der Waals surface area contributed by atoms with Crippen LogP contribution in [0.15, 0.2) is 48.5 Å². The lowest BCUT2D eigenvalue weighted by Gasteiger charge is -2.40. The van der Waals surface area contributed by atoms with Gasteiger partial charge < -0.3 is 39.0 Å². The van der Waals surface area contributed by atoms with Crippen molar-refractivity contribution in [3.63, 3.8) is 0 Å². The van der Waals surface area contributed by atoms with E-state index in [2.05, 4.69) is 0 Å². The van der Waals surface area contributed by atoms with E-state index in [-0.39, 0.29) is 22.9 Å². The first-order valence-corrected chi connectivity index (χ1v) is 11.3. The number of barbiturate groups is 1. The molecule has 2 aromatic carbocycles. The first-order chi connectivity index (χ1) is 17.8. The topological polar surface area (TPSA) is 165 Å². The molecule has 0 aromatic heterocycles. The molecular formula is C24H24N2O11. The number of nitrogens with zero attached hydrogens (tertiary/aromatic N) is 2. The first kappa shape index (κ1) is 25.1. The quantitative estimate of drug-likeness (QED) is 0.449. The van der Waals surface area contributed by atoms with Gasteiger partial charge in [-0.25, -0.2) is 14.6 Å². The lowest BCUT2D eigenvalue weighted by molar-refractivity contribution is -0.256. The van der Waals surface area contributed by atoms with Gasteiger partial charge in [-0.2, -0.15) is 0 Å². The van der Waals surface area contributed by atoms with Crippen molar-refractivity contribution < 1.29 is 53.4 Å². The Labute approximate surface area is 210 Å². The van der Waals surface area contributed by atoms with Crippen molar-refractivity contribution in [3.05, 3.63) is 48.5 Å². The number of para-hydroxylation sites is 4. The van der Waals surface area contributed by atoms with Crippen LogP contribution in [-0.4, -0.2) is 90.5 Å². The average Bonchev–Trinajstić information content (AvgIpc) is 3.31. The van der Waals surface area contributed by atoms with Gasteiger partial charge in [-0.3, -0.25) is 9.59 Å². The van der Waals surface area contributed by atoms with E-state index < -0.39 is 60.9 Å². The molecule has 3 N–H and O–H groups in total. The summed E-state index contributed by atoms with van der Waals surface area (Å²) in [4.78, 5) is 43.0. The van der Waals surface area contributed by atoms with E-state index in [9.17, 15) is 29.7 Å². The number of imide groups is 2. The number of carbonyl (C=O) groups is 3. The SMILES string of the molecule is COc1ccccc1N1C(=O)N(c2ccccc2OC)C(=O)C2(O[C@H]3O[C@H](CO)[C@H](O)[C@H](O)[C@H]3O2)C1=O. The number of rotatable bonds is 5. The molecule has 4 amide bonds. The lowest BCUT2D eigenvalue weighted by atomic mass is 9.99. The molecular weight excluding hydrogens is 492 g/mol. The number of hydrogen-bond acceptors (Lipinski definition) is 11. The Morgan fingerprint density at radius 3 is 1.84 bits per heavy atom. The summed E-state index contributed by atoms with van der Waals surface area (Å²) in [5.41, 5.74) is -0.0211. The lowest BCUT2D eigenvalue weighted by Crippen LogP contribution is -2.70. The third kappa shape index (κ3) is 3.67. The Balaban J connectivity index is 1.67. The van der Waals surface area contributed by atoms with Crippen LogP contribution in [0.5, 0.6) is 11.5 Å². The van der Waals surface area contributed by atoms with Crippen LogP contribution in [0.1, 0.15) is 0 Å². The normalized spacial score (nSPS) is 29.0. The van der Waals surface area contributed by atoms with Crippen molar-refractivity contribution in [3.8, 4) is 11.5 Å². The maximum absolute atomic E-state index is 13.9. The molecule has 196 valence electrons. The second-order valence-electron chi connectivity index (χ2n) is 8.43. The van der Waals surface area contributed by atoms with E-state index in [1.807, 2.05) is 0 Å². The monoisotopic (exact) mass is 516 g/mol. The van der Waals surface area contributed by atoms with E-state index in [0.717, 1.165) is 0 Å². The summed E-state index contributed by atoms with van der Waals surface area (Å²) in [6.07, 6.45) is -7.60. The summed E-state index contributed by atoms with van der Waals surface area (Å²) in [5.74, 6) is -4.97. The summed E-state index contributed by atoms with van der Waals surface area (Å²) in [5, 5.41) is 30.4. The molecule has 1 spiro atoms. The van der Waals surface area contributed by atoms with Crippen LogP contribution in [-0.2, 0) is 23.8 Å². The second-order valence-corrected chi connectivity index (χ2v) is 8.43. The molecule has 0 aliphatic carbocycles. The van der Waals surface area contributed by atoms with Crippen molar-refractivity contribution in [2.75, 3.05) is 30.6 Å². The zero-order valence-electron chi connectivity index (χ0n) is 19.7. The van der Waals surface area contributed by atoms with Gasteiger partial charge in [-0.05, 0) is 24.3 Å². The van der Waals surface area contributed by atoms with Crippen molar-refractivity contribution >= 4 is 29.2 Å². The molecule has 5 rings (SSSR count). The predicted octanol–water partition coefficient (Wildman–Crippen LogP) is -0.246. The number of anilines is 2. The third-order valence-corrected chi connectivity index (χ3v) is 6.41. The summed E-state index contributed by atoms with van der Waals surface area (Å²) < 4.78 is 27.6. The fraction of sp³-hybridized carbons (Fsp3) is 0.375. The minimum atomic E-state index is -2.80. The molecule has 2 aromatic rings. The van der Waals surface area contributed by atoms with E-state index in [1.165, 1.54) is 38.5 Å². The highest BCUT2D eigenvalue weighted by Gasteiger charge is 2.70. The highest BCUT2D eigenvalue weighted by Crippen LogP contribution is 2.45. The molecule has 0 unspecified atom stereocenters. The van der Waals surface area contributed by atoms with Gasteiger partial charge in [0, 0.05) is 0 Å². The molecule has 13 heteroatoms. The van der Waals surface area contributed by atoms with Gasteiger partial charge in [-0.1, -0.05) is 24.3 Å². The Bertz CT molecular complexity index is 1170. The fourth-order valence-corrected chi connectivity index (χ4v) is 4.57. The molecule has 3 aliphatic rings. The molecule has 3 fully saturated rings. The number of aliphatic hydroxyl groups is 3. The number of hydrogen-bond donors (Lipinski definition) is 3. The largest absolute Gasteiger partial charge is 0.495 e. The number of benzene rings is 2. The third-order valence-electron chi connectivity index (χ3n) is 6.41. The number of methoxy groups -OCH3 is 2. The Morgan fingerprint density at radius 1 is 0.838 bits per heavy atom. The number of carbonyl (C=O) groups excluding carboxylic acids is 3. The maximum Gasteiger partial charge on any atom is 0.343 e. The Hall–Kier alpha value is -3.59. The first-order valence-electron chi connectivity index (χ1n) is 11.3. The van der Waals surface area contributed by atoms with Gasteiger partial charge in [0.25, 0.3) is 0 Å². The van der Waals surface area contributed by atoms with Crippen LogP contribution in [0.25, 0.3) is 0 Å². The van der Waals surface area contributed by atoms with E-state index >= 15 is 0 Å². The smallest absolute Gasteiger partial charge is 0.343 e. The fourth-order valence-electron chi connectivity index (χ4n) is 4.57. The molecule has 37 heavy (non-hydrogen) atoms. The summed E-state index contributed by atoms with van der Waals surface area (Å²) >= 11 is 0. The minimum absolute atomic E-state index is 0.0106.